The Kier molecular flexibility index (Phi) is 4.20. The molecule has 96 valence electrons. The summed E-state index contributed by atoms with van der Waals surface area (Å²) in [4.78, 5) is 0. The second-order valence-electron chi connectivity index (χ2n) is 4.65. The van der Waals surface area contributed by atoms with E-state index in [-0.39, 0.29) is 23.6 Å². The fraction of sp³-hybridized carbons (Fsp3) is 0.500. The van der Waals surface area contributed by atoms with Gasteiger partial charge in [0, 0.05) is 24.3 Å². The van der Waals surface area contributed by atoms with Crippen LogP contribution in [0.4, 0.5) is 0 Å². The van der Waals surface area contributed by atoms with Gasteiger partial charge in [0.15, 0.2) is 11.5 Å². The van der Waals surface area contributed by atoms with Crippen molar-refractivity contribution in [2.75, 3.05) is 6.61 Å². The van der Waals surface area contributed by atoms with Crippen LogP contribution >= 0.6 is 0 Å². The molecule has 0 aromatic heterocycles. The van der Waals surface area contributed by atoms with Gasteiger partial charge in [-0.1, -0.05) is 6.07 Å². The molecule has 0 fully saturated rings. The molecule has 5 heteroatoms. The minimum atomic E-state index is -0.510. The lowest BCUT2D eigenvalue weighted by molar-refractivity contribution is 0.229. The number of phenolic OH excluding ortho intramolecular Hbond substituents is 3. The average Bonchev–Trinajstić information content (AvgIpc) is 2.25. The van der Waals surface area contributed by atoms with Gasteiger partial charge in [-0.15, -0.1) is 0 Å². The third kappa shape index (κ3) is 3.51. The predicted octanol–water partition coefficient (Wildman–Crippen LogP) is 1.05. The van der Waals surface area contributed by atoms with Crippen LogP contribution in [0.1, 0.15) is 25.8 Å². The van der Waals surface area contributed by atoms with Crippen LogP contribution in [0.3, 0.4) is 0 Å². The van der Waals surface area contributed by atoms with Gasteiger partial charge in [-0.3, -0.25) is 0 Å². The zero-order valence-corrected chi connectivity index (χ0v) is 10.1. The van der Waals surface area contributed by atoms with Gasteiger partial charge >= 0.3 is 0 Å². The van der Waals surface area contributed by atoms with Crippen molar-refractivity contribution in [3.8, 4) is 17.2 Å². The lowest BCUT2D eigenvalue weighted by Crippen LogP contribution is -2.39. The van der Waals surface area contributed by atoms with Crippen molar-refractivity contribution < 1.29 is 20.4 Å². The molecule has 0 radical (unpaired) electrons. The SMILES string of the molecule is CC(C)(CCO)NCc1ccc(O)c(O)c1O. The fourth-order valence-corrected chi connectivity index (χ4v) is 1.46. The summed E-state index contributed by atoms with van der Waals surface area (Å²) in [6, 6.07) is 2.86. The quantitative estimate of drug-likeness (QED) is 0.497. The van der Waals surface area contributed by atoms with Gasteiger partial charge in [0.1, 0.15) is 0 Å². The molecule has 0 aliphatic heterocycles. The molecule has 0 aliphatic carbocycles. The van der Waals surface area contributed by atoms with E-state index in [0.29, 0.717) is 18.5 Å². The van der Waals surface area contributed by atoms with E-state index in [0.717, 1.165) is 0 Å². The molecule has 1 aromatic rings. The van der Waals surface area contributed by atoms with Gasteiger partial charge in [-0.2, -0.15) is 0 Å². The highest BCUT2D eigenvalue weighted by Gasteiger charge is 2.18. The van der Waals surface area contributed by atoms with Gasteiger partial charge in [0.05, 0.1) is 0 Å². The zero-order valence-electron chi connectivity index (χ0n) is 10.1. The first kappa shape index (κ1) is 13.6. The van der Waals surface area contributed by atoms with Gasteiger partial charge in [0.2, 0.25) is 5.75 Å². The molecule has 1 aromatic carbocycles. The van der Waals surface area contributed by atoms with Gasteiger partial charge in [0.25, 0.3) is 0 Å². The summed E-state index contributed by atoms with van der Waals surface area (Å²) in [6.45, 7) is 4.28. The van der Waals surface area contributed by atoms with Gasteiger partial charge < -0.3 is 25.7 Å². The monoisotopic (exact) mass is 241 g/mol. The van der Waals surface area contributed by atoms with Crippen molar-refractivity contribution in [2.24, 2.45) is 0 Å². The van der Waals surface area contributed by atoms with Crippen LogP contribution in [0, 0.1) is 0 Å². The summed E-state index contributed by atoms with van der Waals surface area (Å²) in [7, 11) is 0. The van der Waals surface area contributed by atoms with E-state index >= 15 is 0 Å². The van der Waals surface area contributed by atoms with Crippen LogP contribution in [0.25, 0.3) is 0 Å². The standard InChI is InChI=1S/C12H19NO4/c1-12(2,5-6-14)13-7-8-3-4-9(15)11(17)10(8)16/h3-4,13-17H,5-7H2,1-2H3. The summed E-state index contributed by atoms with van der Waals surface area (Å²) >= 11 is 0. The normalized spacial score (nSPS) is 11.7. The molecule has 0 saturated carbocycles. The van der Waals surface area contributed by atoms with Crippen LogP contribution in [-0.2, 0) is 6.54 Å². The molecule has 17 heavy (non-hydrogen) atoms. The number of aliphatic hydroxyl groups excluding tert-OH is 1. The summed E-state index contributed by atoms with van der Waals surface area (Å²) < 4.78 is 0. The molecule has 1 rings (SSSR count). The number of nitrogens with one attached hydrogen (secondary N) is 1. The Bertz CT molecular complexity index is 390. The summed E-state index contributed by atoms with van der Waals surface area (Å²) in [6.07, 6.45) is 0.581. The van der Waals surface area contributed by atoms with E-state index in [2.05, 4.69) is 5.32 Å². The average molecular weight is 241 g/mol. The first-order valence-corrected chi connectivity index (χ1v) is 5.46. The third-order valence-corrected chi connectivity index (χ3v) is 2.71. The maximum absolute atomic E-state index is 9.61. The Labute approximate surface area is 100 Å². The Morgan fingerprint density at radius 3 is 2.35 bits per heavy atom. The molecule has 0 atom stereocenters. The first-order chi connectivity index (χ1) is 7.87. The Balaban J connectivity index is 2.73. The molecule has 0 heterocycles. The van der Waals surface area contributed by atoms with Crippen molar-refractivity contribution in [1.29, 1.82) is 0 Å². The molecule has 5 N–H and O–H groups in total. The summed E-state index contributed by atoms with van der Waals surface area (Å²) in [5.74, 6) is -1.18. The second kappa shape index (κ2) is 5.25. The molecule has 0 aliphatic rings. The minimum absolute atomic E-state index is 0.0762. The molecular weight excluding hydrogens is 222 g/mol. The second-order valence-corrected chi connectivity index (χ2v) is 4.65. The number of benzene rings is 1. The smallest absolute Gasteiger partial charge is 0.200 e. The number of hydrogen-bond donors (Lipinski definition) is 5. The molecule has 0 saturated heterocycles. The maximum atomic E-state index is 9.61. The van der Waals surface area contributed by atoms with Crippen molar-refractivity contribution >= 4 is 0 Å². The van der Waals surface area contributed by atoms with Crippen molar-refractivity contribution in [3.05, 3.63) is 17.7 Å². The van der Waals surface area contributed by atoms with E-state index in [4.69, 9.17) is 5.11 Å². The van der Waals surface area contributed by atoms with Crippen molar-refractivity contribution in [3.63, 3.8) is 0 Å². The molecule has 0 amide bonds. The zero-order chi connectivity index (χ0) is 13.1. The largest absolute Gasteiger partial charge is 0.504 e. The third-order valence-electron chi connectivity index (χ3n) is 2.71. The minimum Gasteiger partial charge on any atom is -0.504 e. The summed E-state index contributed by atoms with van der Waals surface area (Å²) in [5.41, 5.74) is 0.223. The summed E-state index contributed by atoms with van der Waals surface area (Å²) in [5, 5.41) is 40.2. The Morgan fingerprint density at radius 1 is 1.12 bits per heavy atom. The number of phenols is 3. The van der Waals surface area contributed by atoms with Crippen LogP contribution in [0.5, 0.6) is 17.2 Å². The fourth-order valence-electron chi connectivity index (χ4n) is 1.46. The number of hydrogen-bond acceptors (Lipinski definition) is 5. The van der Waals surface area contributed by atoms with Crippen molar-refractivity contribution in [2.45, 2.75) is 32.4 Å². The predicted molar refractivity (Wildman–Crippen MR) is 64.1 cm³/mol. The van der Waals surface area contributed by atoms with E-state index in [1.165, 1.54) is 12.1 Å². The van der Waals surface area contributed by atoms with Crippen LogP contribution in [0.15, 0.2) is 12.1 Å². The maximum Gasteiger partial charge on any atom is 0.200 e. The molecule has 0 unspecified atom stereocenters. The number of rotatable bonds is 5. The Hall–Kier alpha value is -1.46. The van der Waals surface area contributed by atoms with Gasteiger partial charge in [-0.25, -0.2) is 0 Å². The lowest BCUT2D eigenvalue weighted by atomic mass is 10.0. The topological polar surface area (TPSA) is 93.0 Å². The van der Waals surface area contributed by atoms with E-state index < -0.39 is 5.75 Å². The molecule has 0 bridgehead atoms. The Morgan fingerprint density at radius 2 is 1.76 bits per heavy atom. The molecule has 0 spiro atoms. The highest BCUT2D eigenvalue weighted by atomic mass is 16.3. The van der Waals surface area contributed by atoms with Crippen LogP contribution in [0.2, 0.25) is 0 Å². The van der Waals surface area contributed by atoms with Gasteiger partial charge in [-0.05, 0) is 26.3 Å². The van der Waals surface area contributed by atoms with Crippen LogP contribution in [-0.4, -0.2) is 32.6 Å². The van der Waals surface area contributed by atoms with Crippen molar-refractivity contribution in [1.82, 2.24) is 5.32 Å². The lowest BCUT2D eigenvalue weighted by Gasteiger charge is -2.25. The first-order valence-electron chi connectivity index (χ1n) is 5.46. The highest BCUT2D eigenvalue weighted by molar-refractivity contribution is 5.53. The molecular formula is C12H19NO4. The van der Waals surface area contributed by atoms with Crippen LogP contribution < -0.4 is 5.32 Å². The number of aliphatic hydroxyl groups is 1. The number of aromatic hydroxyl groups is 3. The van der Waals surface area contributed by atoms with E-state index in [1.807, 2.05) is 13.8 Å². The molecule has 5 nitrogen and oxygen atoms in total. The van der Waals surface area contributed by atoms with E-state index in [9.17, 15) is 15.3 Å². The highest BCUT2D eigenvalue weighted by Crippen LogP contribution is 2.37. The van der Waals surface area contributed by atoms with E-state index in [1.54, 1.807) is 0 Å².